The van der Waals surface area contributed by atoms with Crippen molar-refractivity contribution in [1.29, 1.82) is 0 Å². The molecule has 1 aliphatic heterocycles. The van der Waals surface area contributed by atoms with E-state index in [0.29, 0.717) is 11.4 Å². The van der Waals surface area contributed by atoms with Gasteiger partial charge in [-0.3, -0.25) is 4.79 Å². The second kappa shape index (κ2) is 7.56. The largest absolute Gasteiger partial charge is 0.488 e. The van der Waals surface area contributed by atoms with Gasteiger partial charge in [-0.05, 0) is 24.3 Å². The van der Waals surface area contributed by atoms with Crippen LogP contribution < -0.4 is 20.1 Å². The number of aromatic nitrogens is 2. The van der Waals surface area contributed by atoms with Crippen LogP contribution in [0, 0.1) is 0 Å². The lowest BCUT2D eigenvalue weighted by atomic mass is 10.2. The topological polar surface area (TPSA) is 85.4 Å². The molecule has 0 saturated carbocycles. The number of hydrogen-bond acceptors (Lipinski definition) is 6. The van der Waals surface area contributed by atoms with Crippen LogP contribution >= 0.6 is 0 Å². The van der Waals surface area contributed by atoms with E-state index in [-0.39, 0.29) is 17.7 Å². The molecule has 1 aliphatic rings. The highest BCUT2D eigenvalue weighted by Gasteiger charge is 2.28. The molecule has 1 amide bonds. The second-order valence-corrected chi connectivity index (χ2v) is 5.52. The minimum atomic E-state index is -4.47. The van der Waals surface area contributed by atoms with Crippen molar-refractivity contribution in [3.8, 4) is 11.6 Å². The molecule has 7 nitrogen and oxygen atoms in total. The molecule has 0 aliphatic carbocycles. The molecule has 26 heavy (non-hydrogen) atoms. The Morgan fingerprint density at radius 2 is 1.92 bits per heavy atom. The van der Waals surface area contributed by atoms with E-state index in [1.165, 1.54) is 0 Å². The van der Waals surface area contributed by atoms with Gasteiger partial charge in [0, 0.05) is 18.8 Å². The molecule has 10 heteroatoms. The van der Waals surface area contributed by atoms with E-state index in [4.69, 9.17) is 4.74 Å². The molecule has 1 aromatic carbocycles. The van der Waals surface area contributed by atoms with Crippen molar-refractivity contribution in [2.45, 2.75) is 12.3 Å². The molecule has 0 bridgehead atoms. The van der Waals surface area contributed by atoms with Gasteiger partial charge in [0.1, 0.15) is 17.5 Å². The Morgan fingerprint density at radius 3 is 2.46 bits per heavy atom. The fourth-order valence-electron chi connectivity index (χ4n) is 2.01. The van der Waals surface area contributed by atoms with Crippen molar-refractivity contribution < 1.29 is 27.4 Å². The smallest absolute Gasteiger partial charge is 0.422 e. The summed E-state index contributed by atoms with van der Waals surface area (Å²) in [7, 11) is 0. The summed E-state index contributed by atoms with van der Waals surface area (Å²) in [6.45, 7) is 0.137. The first-order valence-electron chi connectivity index (χ1n) is 7.69. The number of nitrogens with one attached hydrogen (secondary N) is 2. The SMILES string of the molecule is O=C(Nc1ccc(OC2CNC2)cc1)c1cnc(OCC(F)(F)F)cn1. The Kier molecular flexibility index (Phi) is 5.21. The van der Waals surface area contributed by atoms with Crippen LogP contribution in [0.2, 0.25) is 0 Å². The standard InChI is InChI=1S/C16H15F3N4O3/c17-16(18,19)9-25-14-8-21-13(7-22-14)15(24)23-10-1-3-11(4-2-10)26-12-5-20-6-12/h1-4,7-8,12,20H,5-6,9H2,(H,23,24). The quantitative estimate of drug-likeness (QED) is 0.812. The number of amides is 1. The van der Waals surface area contributed by atoms with Gasteiger partial charge in [-0.2, -0.15) is 13.2 Å². The highest BCUT2D eigenvalue weighted by molar-refractivity contribution is 6.02. The first-order valence-corrected chi connectivity index (χ1v) is 7.69. The van der Waals surface area contributed by atoms with Crippen LogP contribution in [0.15, 0.2) is 36.7 Å². The van der Waals surface area contributed by atoms with Gasteiger partial charge >= 0.3 is 6.18 Å². The molecule has 1 fully saturated rings. The summed E-state index contributed by atoms with van der Waals surface area (Å²) in [5.41, 5.74) is 0.471. The van der Waals surface area contributed by atoms with Crippen LogP contribution in [0.25, 0.3) is 0 Å². The minimum absolute atomic E-state index is 0.0507. The van der Waals surface area contributed by atoms with Crippen LogP contribution in [-0.4, -0.2) is 47.9 Å². The third-order valence-electron chi connectivity index (χ3n) is 3.40. The molecular formula is C16H15F3N4O3. The number of carbonyl (C=O) groups excluding carboxylic acids is 1. The van der Waals surface area contributed by atoms with Gasteiger partial charge in [0.2, 0.25) is 5.88 Å². The third kappa shape index (κ3) is 5.06. The van der Waals surface area contributed by atoms with Crippen molar-refractivity contribution >= 4 is 11.6 Å². The highest BCUT2D eigenvalue weighted by atomic mass is 19.4. The Bertz CT molecular complexity index is 747. The van der Waals surface area contributed by atoms with E-state index in [1.807, 2.05) is 0 Å². The number of nitrogens with zero attached hydrogens (tertiary/aromatic N) is 2. The number of benzene rings is 1. The summed E-state index contributed by atoms with van der Waals surface area (Å²) in [6.07, 6.45) is -2.31. The third-order valence-corrected chi connectivity index (χ3v) is 3.40. The lowest BCUT2D eigenvalue weighted by Crippen LogP contribution is -2.50. The Morgan fingerprint density at radius 1 is 1.19 bits per heavy atom. The van der Waals surface area contributed by atoms with Crippen LogP contribution in [0.5, 0.6) is 11.6 Å². The van der Waals surface area contributed by atoms with Crippen LogP contribution in [0.4, 0.5) is 18.9 Å². The fraction of sp³-hybridized carbons (Fsp3) is 0.312. The van der Waals surface area contributed by atoms with Gasteiger partial charge in [0.05, 0.1) is 12.4 Å². The molecule has 3 rings (SSSR count). The lowest BCUT2D eigenvalue weighted by Gasteiger charge is -2.27. The van der Waals surface area contributed by atoms with Gasteiger partial charge in [-0.15, -0.1) is 0 Å². The molecule has 138 valence electrons. The number of anilines is 1. The minimum Gasteiger partial charge on any atom is -0.488 e. The number of alkyl halides is 3. The first-order chi connectivity index (χ1) is 12.4. The van der Waals surface area contributed by atoms with E-state index in [2.05, 4.69) is 25.3 Å². The Balaban J connectivity index is 1.53. The van der Waals surface area contributed by atoms with E-state index < -0.39 is 18.7 Å². The maximum atomic E-state index is 12.1. The maximum absolute atomic E-state index is 12.1. The summed E-state index contributed by atoms with van der Waals surface area (Å²) in [5, 5.41) is 5.71. The monoisotopic (exact) mass is 368 g/mol. The van der Waals surface area contributed by atoms with Crippen LogP contribution in [0.3, 0.4) is 0 Å². The highest BCUT2D eigenvalue weighted by Crippen LogP contribution is 2.19. The second-order valence-electron chi connectivity index (χ2n) is 5.52. The number of ether oxygens (including phenoxy) is 2. The van der Waals surface area contributed by atoms with Crippen molar-refractivity contribution in [3.05, 3.63) is 42.4 Å². The zero-order chi connectivity index (χ0) is 18.6. The first kappa shape index (κ1) is 17.9. The lowest BCUT2D eigenvalue weighted by molar-refractivity contribution is -0.154. The average Bonchev–Trinajstić information content (AvgIpc) is 2.57. The molecule has 2 heterocycles. The predicted octanol–water partition coefficient (Wildman–Crippen LogP) is 2.02. The molecule has 2 aromatic rings. The maximum Gasteiger partial charge on any atom is 0.422 e. The molecule has 2 N–H and O–H groups in total. The summed E-state index contributed by atoms with van der Waals surface area (Å²) in [6, 6.07) is 6.81. The van der Waals surface area contributed by atoms with Crippen molar-refractivity contribution in [1.82, 2.24) is 15.3 Å². The van der Waals surface area contributed by atoms with Crippen LogP contribution in [-0.2, 0) is 0 Å². The Hall–Kier alpha value is -2.88. The molecule has 1 aromatic heterocycles. The number of halogens is 3. The molecule has 0 radical (unpaired) electrons. The summed E-state index contributed by atoms with van der Waals surface area (Å²) in [5.74, 6) is -0.164. The van der Waals surface area contributed by atoms with E-state index in [1.54, 1.807) is 24.3 Å². The van der Waals surface area contributed by atoms with E-state index >= 15 is 0 Å². The molecular weight excluding hydrogens is 353 g/mol. The molecule has 0 spiro atoms. The predicted molar refractivity (Wildman–Crippen MR) is 85.3 cm³/mol. The summed E-state index contributed by atoms with van der Waals surface area (Å²) in [4.78, 5) is 19.5. The average molecular weight is 368 g/mol. The molecule has 0 atom stereocenters. The van der Waals surface area contributed by atoms with Gasteiger partial charge in [-0.1, -0.05) is 0 Å². The van der Waals surface area contributed by atoms with Gasteiger partial charge in [0.15, 0.2) is 6.61 Å². The van der Waals surface area contributed by atoms with Crippen LogP contribution in [0.1, 0.15) is 10.5 Å². The molecule has 1 saturated heterocycles. The normalized spacial score (nSPS) is 14.4. The van der Waals surface area contributed by atoms with Gasteiger partial charge in [0.25, 0.3) is 5.91 Å². The zero-order valence-corrected chi connectivity index (χ0v) is 13.4. The van der Waals surface area contributed by atoms with E-state index in [0.717, 1.165) is 25.5 Å². The van der Waals surface area contributed by atoms with Crippen molar-refractivity contribution in [2.75, 3.05) is 25.0 Å². The summed E-state index contributed by atoms with van der Waals surface area (Å²) >= 11 is 0. The van der Waals surface area contributed by atoms with Crippen molar-refractivity contribution in [2.24, 2.45) is 0 Å². The number of carbonyl (C=O) groups is 1. The Labute approximate surface area is 146 Å². The zero-order valence-electron chi connectivity index (χ0n) is 13.4. The number of rotatable bonds is 6. The number of hydrogen-bond donors (Lipinski definition) is 2. The fourth-order valence-corrected chi connectivity index (χ4v) is 2.01. The molecule has 0 unspecified atom stereocenters. The van der Waals surface area contributed by atoms with Crippen molar-refractivity contribution in [3.63, 3.8) is 0 Å². The van der Waals surface area contributed by atoms with Gasteiger partial charge in [-0.25, -0.2) is 9.97 Å². The van der Waals surface area contributed by atoms with E-state index in [9.17, 15) is 18.0 Å². The van der Waals surface area contributed by atoms with Gasteiger partial charge < -0.3 is 20.1 Å². The summed E-state index contributed by atoms with van der Waals surface area (Å²) < 4.78 is 46.3.